The van der Waals surface area contributed by atoms with E-state index in [0.717, 1.165) is 27.9 Å². The molecular formula is C22H20Cl2N4O. The third-order valence-electron chi connectivity index (χ3n) is 4.92. The summed E-state index contributed by atoms with van der Waals surface area (Å²) in [6.45, 7) is 6.41. The molecule has 2 aromatic heterocycles. The van der Waals surface area contributed by atoms with Gasteiger partial charge in [-0.15, -0.1) is 0 Å². The van der Waals surface area contributed by atoms with Crippen molar-refractivity contribution >= 4 is 34.1 Å². The number of rotatable bonds is 4. The third-order valence-corrected chi connectivity index (χ3v) is 5.66. The van der Waals surface area contributed by atoms with Crippen LogP contribution in [0.4, 0.5) is 0 Å². The number of benzene rings is 2. The normalized spacial score (nSPS) is 11.5. The summed E-state index contributed by atoms with van der Waals surface area (Å²) >= 11 is 12.2. The standard InChI is InChI=1S/C22H20Cl2N4O/c1-13(2)20-16-11-25-28(19-7-5-4-6-14(19)3)21(16)22(29)27(26-20)12-15-8-9-17(23)18(24)10-15/h4-11,13H,12H2,1-3H3. The fourth-order valence-electron chi connectivity index (χ4n) is 3.42. The topological polar surface area (TPSA) is 52.7 Å². The van der Waals surface area contributed by atoms with Crippen LogP contribution in [0.25, 0.3) is 16.6 Å². The number of nitrogens with zero attached hydrogens (tertiary/aromatic N) is 4. The van der Waals surface area contributed by atoms with E-state index in [4.69, 9.17) is 23.2 Å². The van der Waals surface area contributed by atoms with Gasteiger partial charge in [0.25, 0.3) is 5.56 Å². The Morgan fingerprint density at radius 1 is 1.07 bits per heavy atom. The van der Waals surface area contributed by atoms with Crippen LogP contribution in [0.15, 0.2) is 53.5 Å². The van der Waals surface area contributed by atoms with Gasteiger partial charge in [0.2, 0.25) is 0 Å². The molecule has 0 spiro atoms. The molecule has 0 bridgehead atoms. The summed E-state index contributed by atoms with van der Waals surface area (Å²) in [6, 6.07) is 13.2. The Labute approximate surface area is 178 Å². The molecule has 0 unspecified atom stereocenters. The lowest BCUT2D eigenvalue weighted by molar-refractivity contribution is 0.612. The van der Waals surface area contributed by atoms with E-state index in [1.165, 1.54) is 4.68 Å². The van der Waals surface area contributed by atoms with Crippen molar-refractivity contribution in [3.63, 3.8) is 0 Å². The predicted molar refractivity (Wildman–Crippen MR) is 118 cm³/mol. The summed E-state index contributed by atoms with van der Waals surface area (Å²) < 4.78 is 3.19. The van der Waals surface area contributed by atoms with Crippen LogP contribution >= 0.6 is 23.2 Å². The average Bonchev–Trinajstić information content (AvgIpc) is 3.12. The first-order chi connectivity index (χ1) is 13.9. The Hall–Kier alpha value is -2.63. The number of hydrogen-bond acceptors (Lipinski definition) is 3. The molecule has 0 atom stereocenters. The zero-order valence-electron chi connectivity index (χ0n) is 16.4. The van der Waals surface area contributed by atoms with Gasteiger partial charge in [0.05, 0.1) is 34.2 Å². The second-order valence-electron chi connectivity index (χ2n) is 7.36. The molecule has 0 aliphatic carbocycles. The minimum Gasteiger partial charge on any atom is -0.265 e. The first kappa shape index (κ1) is 19.7. The maximum atomic E-state index is 13.4. The molecular weight excluding hydrogens is 407 g/mol. The van der Waals surface area contributed by atoms with Gasteiger partial charge in [-0.3, -0.25) is 4.79 Å². The summed E-state index contributed by atoms with van der Waals surface area (Å²) in [7, 11) is 0. The zero-order chi connectivity index (χ0) is 20.7. The third kappa shape index (κ3) is 3.56. The van der Waals surface area contributed by atoms with E-state index < -0.39 is 0 Å². The van der Waals surface area contributed by atoms with Crippen molar-refractivity contribution in [2.75, 3.05) is 0 Å². The molecule has 0 aliphatic rings. The first-order valence-electron chi connectivity index (χ1n) is 9.35. The molecule has 148 valence electrons. The number of halogens is 2. The average molecular weight is 427 g/mol. The van der Waals surface area contributed by atoms with Gasteiger partial charge in [-0.25, -0.2) is 9.36 Å². The van der Waals surface area contributed by atoms with E-state index >= 15 is 0 Å². The van der Waals surface area contributed by atoms with Crippen molar-refractivity contribution in [3.8, 4) is 5.69 Å². The lowest BCUT2D eigenvalue weighted by Gasteiger charge is -2.13. The molecule has 4 rings (SSSR count). The number of aryl methyl sites for hydroxylation is 1. The maximum Gasteiger partial charge on any atom is 0.293 e. The van der Waals surface area contributed by atoms with E-state index in [2.05, 4.69) is 24.0 Å². The lowest BCUT2D eigenvalue weighted by Crippen LogP contribution is -2.27. The van der Waals surface area contributed by atoms with E-state index in [1.807, 2.05) is 37.3 Å². The Kier molecular flexibility index (Phi) is 5.19. The minimum atomic E-state index is -0.198. The Bertz CT molecular complexity index is 1270. The number of hydrogen-bond donors (Lipinski definition) is 0. The largest absolute Gasteiger partial charge is 0.293 e. The summed E-state index contributed by atoms with van der Waals surface area (Å²) in [5, 5.41) is 10.9. The van der Waals surface area contributed by atoms with Crippen LogP contribution in [0.5, 0.6) is 0 Å². The van der Waals surface area contributed by atoms with Crippen LogP contribution in [-0.4, -0.2) is 19.6 Å². The van der Waals surface area contributed by atoms with Gasteiger partial charge in [0.15, 0.2) is 0 Å². The van der Waals surface area contributed by atoms with Gasteiger partial charge < -0.3 is 0 Å². The molecule has 0 amide bonds. The van der Waals surface area contributed by atoms with Gasteiger partial charge >= 0.3 is 0 Å². The fraction of sp³-hybridized carbons (Fsp3) is 0.227. The second kappa shape index (κ2) is 7.65. The van der Waals surface area contributed by atoms with Crippen LogP contribution in [0.1, 0.15) is 36.6 Å². The van der Waals surface area contributed by atoms with Crippen molar-refractivity contribution in [2.45, 2.75) is 33.2 Å². The molecule has 4 aromatic rings. The lowest BCUT2D eigenvalue weighted by atomic mass is 10.1. The van der Waals surface area contributed by atoms with Crippen LogP contribution in [0.3, 0.4) is 0 Å². The highest BCUT2D eigenvalue weighted by atomic mass is 35.5. The van der Waals surface area contributed by atoms with Crippen molar-refractivity contribution in [1.29, 1.82) is 0 Å². The molecule has 2 aromatic carbocycles. The Morgan fingerprint density at radius 3 is 2.52 bits per heavy atom. The Morgan fingerprint density at radius 2 is 1.83 bits per heavy atom. The second-order valence-corrected chi connectivity index (χ2v) is 8.17. The van der Waals surface area contributed by atoms with Crippen LogP contribution in [0, 0.1) is 6.92 Å². The van der Waals surface area contributed by atoms with Gasteiger partial charge in [-0.05, 0) is 42.2 Å². The monoisotopic (exact) mass is 426 g/mol. The minimum absolute atomic E-state index is 0.132. The highest BCUT2D eigenvalue weighted by Crippen LogP contribution is 2.25. The molecule has 0 fully saturated rings. The number of fused-ring (bicyclic) bond motifs is 1. The molecule has 0 saturated heterocycles. The van der Waals surface area contributed by atoms with Crippen molar-refractivity contribution in [2.24, 2.45) is 0 Å². The molecule has 5 nitrogen and oxygen atoms in total. The zero-order valence-corrected chi connectivity index (χ0v) is 17.9. The molecule has 0 N–H and O–H groups in total. The molecule has 0 saturated carbocycles. The van der Waals surface area contributed by atoms with Gasteiger partial charge in [0.1, 0.15) is 5.52 Å². The van der Waals surface area contributed by atoms with Gasteiger partial charge in [0, 0.05) is 5.39 Å². The number of para-hydroxylation sites is 1. The summed E-state index contributed by atoms with van der Waals surface area (Å²) in [4.78, 5) is 13.4. The molecule has 7 heteroatoms. The maximum absolute atomic E-state index is 13.4. The quantitative estimate of drug-likeness (QED) is 0.440. The van der Waals surface area contributed by atoms with E-state index in [9.17, 15) is 4.79 Å². The summed E-state index contributed by atoms with van der Waals surface area (Å²) in [6.07, 6.45) is 1.73. The van der Waals surface area contributed by atoms with Gasteiger partial charge in [-0.2, -0.15) is 10.2 Å². The molecule has 0 radical (unpaired) electrons. The smallest absolute Gasteiger partial charge is 0.265 e. The fourth-order valence-corrected chi connectivity index (χ4v) is 3.74. The summed E-state index contributed by atoms with van der Waals surface area (Å²) in [5.41, 5.74) is 3.93. The highest BCUT2D eigenvalue weighted by molar-refractivity contribution is 6.42. The number of aromatic nitrogens is 4. The SMILES string of the molecule is Cc1ccccc1-n1ncc2c(C(C)C)nn(Cc3ccc(Cl)c(Cl)c3)c(=O)c21. The van der Waals surface area contributed by atoms with Crippen LogP contribution in [0.2, 0.25) is 10.0 Å². The summed E-state index contributed by atoms with van der Waals surface area (Å²) in [5.74, 6) is 0.132. The Balaban J connectivity index is 1.95. The molecule has 2 heterocycles. The van der Waals surface area contributed by atoms with Crippen LogP contribution < -0.4 is 5.56 Å². The van der Waals surface area contributed by atoms with Gasteiger partial charge in [-0.1, -0.05) is 61.3 Å². The van der Waals surface area contributed by atoms with E-state index in [-0.39, 0.29) is 11.5 Å². The first-order valence-corrected chi connectivity index (χ1v) is 10.1. The predicted octanol–water partition coefficient (Wildman–Crippen LogP) is 5.37. The molecule has 0 aliphatic heterocycles. The van der Waals surface area contributed by atoms with Crippen LogP contribution in [-0.2, 0) is 6.54 Å². The van der Waals surface area contributed by atoms with Crippen molar-refractivity contribution in [1.82, 2.24) is 19.6 Å². The van der Waals surface area contributed by atoms with E-state index in [0.29, 0.717) is 22.1 Å². The molecule has 29 heavy (non-hydrogen) atoms. The van der Waals surface area contributed by atoms with Crippen molar-refractivity contribution < 1.29 is 0 Å². The van der Waals surface area contributed by atoms with E-state index in [1.54, 1.807) is 23.0 Å². The highest BCUT2D eigenvalue weighted by Gasteiger charge is 2.19. The van der Waals surface area contributed by atoms with Crippen molar-refractivity contribution in [3.05, 3.63) is 85.9 Å².